The van der Waals surface area contributed by atoms with Gasteiger partial charge in [-0.25, -0.2) is 0 Å². The maximum atomic E-state index is 12.2. The second-order valence-electron chi connectivity index (χ2n) is 5.90. The lowest BCUT2D eigenvalue weighted by Gasteiger charge is -2.14. The van der Waals surface area contributed by atoms with E-state index < -0.39 is 23.5 Å². The lowest BCUT2D eigenvalue weighted by atomic mass is 10.1. The molecule has 0 bridgehead atoms. The first-order valence-electron chi connectivity index (χ1n) is 8.42. The van der Waals surface area contributed by atoms with Crippen molar-refractivity contribution < 1.29 is 24.2 Å². The number of halogens is 2. The molecule has 2 amide bonds. The second-order valence-corrected chi connectivity index (χ2v) is 6.72. The summed E-state index contributed by atoms with van der Waals surface area (Å²) in [6, 6.07) is 5.33. The van der Waals surface area contributed by atoms with Gasteiger partial charge in [-0.2, -0.15) is 0 Å². The largest absolute Gasteiger partial charge is 0.503 e. The molecule has 1 aromatic carbocycles. The molecule has 0 aromatic heterocycles. The Labute approximate surface area is 166 Å². The van der Waals surface area contributed by atoms with Crippen LogP contribution in [0.15, 0.2) is 29.5 Å². The molecule has 0 atom stereocenters. The van der Waals surface area contributed by atoms with Crippen molar-refractivity contribution in [1.29, 1.82) is 0 Å². The van der Waals surface area contributed by atoms with E-state index in [4.69, 9.17) is 27.9 Å². The molecule has 7 nitrogen and oxygen atoms in total. The molecule has 1 aliphatic rings. The van der Waals surface area contributed by atoms with Crippen LogP contribution in [0.3, 0.4) is 0 Å². The maximum absolute atomic E-state index is 12.2. The van der Waals surface area contributed by atoms with Crippen LogP contribution in [0.1, 0.15) is 18.9 Å². The first-order chi connectivity index (χ1) is 12.8. The van der Waals surface area contributed by atoms with Crippen LogP contribution >= 0.6 is 23.2 Å². The number of ether oxygens (including phenoxy) is 1. The third-order valence-corrected chi connectivity index (χ3v) is 4.67. The third-order valence-electron chi connectivity index (χ3n) is 3.94. The number of aryl methyl sites for hydroxylation is 1. The second kappa shape index (κ2) is 9.62. The van der Waals surface area contributed by atoms with Crippen molar-refractivity contribution in [2.24, 2.45) is 0 Å². The fraction of sp³-hybridized carbons (Fsp3) is 0.389. The van der Waals surface area contributed by atoms with Gasteiger partial charge >= 0.3 is 5.97 Å². The molecular formula is C18H20Cl2N2O5. The summed E-state index contributed by atoms with van der Waals surface area (Å²) in [7, 11) is 0. The van der Waals surface area contributed by atoms with Crippen molar-refractivity contribution in [3.63, 3.8) is 0 Å². The molecule has 1 aromatic rings. The standard InChI is InChI=1S/C18H20Cl2N2O5/c1-2-27-15(23)10-22-9-12(16(24)18(22)26)17(25)21-7-3-4-11-5-6-13(19)14(20)8-11/h5-6,8,24H,2-4,7,9-10H2,1H3,(H,21,25). The molecule has 2 N–H and O–H groups in total. The van der Waals surface area contributed by atoms with E-state index in [-0.39, 0.29) is 25.3 Å². The highest BCUT2D eigenvalue weighted by atomic mass is 35.5. The smallest absolute Gasteiger partial charge is 0.325 e. The van der Waals surface area contributed by atoms with Gasteiger partial charge < -0.3 is 20.1 Å². The summed E-state index contributed by atoms with van der Waals surface area (Å²) in [5, 5.41) is 13.5. The number of rotatable bonds is 8. The number of aliphatic hydroxyl groups is 1. The van der Waals surface area contributed by atoms with Crippen molar-refractivity contribution in [3.8, 4) is 0 Å². The average molecular weight is 415 g/mol. The zero-order valence-electron chi connectivity index (χ0n) is 14.8. The number of benzene rings is 1. The van der Waals surface area contributed by atoms with E-state index in [1.165, 1.54) is 0 Å². The Bertz CT molecular complexity index is 779. The van der Waals surface area contributed by atoms with Crippen LogP contribution < -0.4 is 5.32 Å². The quantitative estimate of drug-likeness (QED) is 0.502. The van der Waals surface area contributed by atoms with Gasteiger partial charge in [-0.3, -0.25) is 14.4 Å². The Morgan fingerprint density at radius 1 is 1.30 bits per heavy atom. The fourth-order valence-electron chi connectivity index (χ4n) is 2.58. The van der Waals surface area contributed by atoms with Crippen molar-refractivity contribution >= 4 is 41.0 Å². The number of carbonyl (C=O) groups is 3. The van der Waals surface area contributed by atoms with Crippen LogP contribution in [-0.4, -0.2) is 54.0 Å². The van der Waals surface area contributed by atoms with Crippen LogP contribution in [0.2, 0.25) is 10.0 Å². The lowest BCUT2D eigenvalue weighted by Crippen LogP contribution is -2.35. The van der Waals surface area contributed by atoms with Gasteiger partial charge in [-0.15, -0.1) is 0 Å². The average Bonchev–Trinajstić information content (AvgIpc) is 2.90. The Hall–Kier alpha value is -2.25. The number of nitrogens with one attached hydrogen (secondary N) is 1. The number of amides is 2. The van der Waals surface area contributed by atoms with E-state index >= 15 is 0 Å². The SMILES string of the molecule is CCOC(=O)CN1CC(C(=O)NCCCc2ccc(Cl)c(Cl)c2)=C(O)C1=O. The predicted octanol–water partition coefficient (Wildman–Crippen LogP) is 2.26. The lowest BCUT2D eigenvalue weighted by molar-refractivity contribution is -0.147. The molecule has 2 rings (SSSR count). The van der Waals surface area contributed by atoms with E-state index in [0.29, 0.717) is 29.4 Å². The topological polar surface area (TPSA) is 95.9 Å². The van der Waals surface area contributed by atoms with Crippen molar-refractivity contribution in [2.45, 2.75) is 19.8 Å². The molecule has 0 fully saturated rings. The molecule has 27 heavy (non-hydrogen) atoms. The van der Waals surface area contributed by atoms with Gasteiger partial charge in [-0.1, -0.05) is 29.3 Å². The first kappa shape index (κ1) is 21.1. The van der Waals surface area contributed by atoms with Gasteiger partial charge in [-0.05, 0) is 37.5 Å². The van der Waals surface area contributed by atoms with E-state index in [1.54, 1.807) is 19.1 Å². The van der Waals surface area contributed by atoms with E-state index in [1.807, 2.05) is 6.07 Å². The number of hydrogen-bond acceptors (Lipinski definition) is 5. The number of esters is 1. The molecule has 0 radical (unpaired) electrons. The third kappa shape index (κ3) is 5.61. The van der Waals surface area contributed by atoms with E-state index in [0.717, 1.165) is 10.5 Å². The molecule has 1 heterocycles. The molecule has 0 saturated carbocycles. The fourth-order valence-corrected chi connectivity index (χ4v) is 2.90. The van der Waals surface area contributed by atoms with Crippen molar-refractivity contribution in [1.82, 2.24) is 10.2 Å². The summed E-state index contributed by atoms with van der Waals surface area (Å²) in [6.45, 7) is 1.73. The van der Waals surface area contributed by atoms with Gasteiger partial charge in [0.2, 0.25) is 0 Å². The zero-order chi connectivity index (χ0) is 20.0. The predicted molar refractivity (Wildman–Crippen MR) is 101 cm³/mol. The molecule has 0 unspecified atom stereocenters. The summed E-state index contributed by atoms with van der Waals surface area (Å²) >= 11 is 11.8. The van der Waals surface area contributed by atoms with Gasteiger partial charge in [0.25, 0.3) is 11.8 Å². The van der Waals surface area contributed by atoms with Crippen molar-refractivity contribution in [2.75, 3.05) is 26.2 Å². The van der Waals surface area contributed by atoms with E-state index in [2.05, 4.69) is 5.32 Å². The molecule has 0 spiro atoms. The van der Waals surface area contributed by atoms with Crippen LogP contribution in [0, 0.1) is 0 Å². The molecule has 1 aliphatic heterocycles. The highest BCUT2D eigenvalue weighted by molar-refractivity contribution is 6.42. The summed E-state index contributed by atoms with van der Waals surface area (Å²) in [5.74, 6) is -2.53. The highest BCUT2D eigenvalue weighted by Crippen LogP contribution is 2.23. The maximum Gasteiger partial charge on any atom is 0.325 e. The highest BCUT2D eigenvalue weighted by Gasteiger charge is 2.35. The molecule has 0 saturated heterocycles. The summed E-state index contributed by atoms with van der Waals surface area (Å²) in [6.07, 6.45) is 1.31. The normalized spacial score (nSPS) is 13.9. The van der Waals surface area contributed by atoms with E-state index in [9.17, 15) is 19.5 Å². The molecule has 146 valence electrons. The number of nitrogens with zero attached hydrogens (tertiary/aromatic N) is 1. The Morgan fingerprint density at radius 3 is 2.70 bits per heavy atom. The summed E-state index contributed by atoms with van der Waals surface area (Å²) < 4.78 is 4.77. The van der Waals surface area contributed by atoms with Crippen molar-refractivity contribution in [3.05, 3.63) is 45.1 Å². The van der Waals surface area contributed by atoms with Crippen LogP contribution in [0.25, 0.3) is 0 Å². The number of aliphatic hydroxyl groups excluding tert-OH is 1. The minimum atomic E-state index is -0.760. The molecule has 9 heteroatoms. The summed E-state index contributed by atoms with van der Waals surface area (Å²) in [5.41, 5.74) is 0.927. The van der Waals surface area contributed by atoms with Crippen LogP contribution in [0.4, 0.5) is 0 Å². The monoisotopic (exact) mass is 414 g/mol. The van der Waals surface area contributed by atoms with Gasteiger partial charge in [0.05, 0.1) is 28.8 Å². The first-order valence-corrected chi connectivity index (χ1v) is 9.18. The minimum Gasteiger partial charge on any atom is -0.503 e. The molecule has 0 aliphatic carbocycles. The van der Waals surface area contributed by atoms with Crippen LogP contribution in [0.5, 0.6) is 0 Å². The zero-order valence-corrected chi connectivity index (χ0v) is 16.3. The Balaban J connectivity index is 1.82. The van der Waals surface area contributed by atoms with Gasteiger partial charge in [0, 0.05) is 6.54 Å². The van der Waals surface area contributed by atoms with Crippen LogP contribution in [-0.2, 0) is 25.5 Å². The molecular weight excluding hydrogens is 395 g/mol. The number of hydrogen-bond donors (Lipinski definition) is 2. The number of carbonyl (C=O) groups excluding carboxylic acids is 3. The Kier molecular flexibility index (Phi) is 7.50. The van der Waals surface area contributed by atoms with Gasteiger partial charge in [0.1, 0.15) is 6.54 Å². The van der Waals surface area contributed by atoms with Gasteiger partial charge in [0.15, 0.2) is 5.76 Å². The summed E-state index contributed by atoms with van der Waals surface area (Å²) in [4.78, 5) is 36.7. The minimum absolute atomic E-state index is 0.0566. The Morgan fingerprint density at radius 2 is 2.04 bits per heavy atom.